The van der Waals surface area contributed by atoms with Gasteiger partial charge < -0.3 is 19.8 Å². The number of hydrogen-bond donors (Lipinski definition) is 1. The second-order valence-corrected chi connectivity index (χ2v) is 7.91. The Balaban J connectivity index is 1.59. The first-order valence-corrected chi connectivity index (χ1v) is 10.3. The molecule has 0 radical (unpaired) electrons. The highest BCUT2D eigenvalue weighted by molar-refractivity contribution is 7.91. The van der Waals surface area contributed by atoms with E-state index >= 15 is 0 Å². The Morgan fingerprint density at radius 1 is 1.03 bits per heavy atom. The molecular weight excluding hydrogens is 432 g/mol. The number of rotatable bonds is 9. The molecule has 162 valence electrons. The number of aromatic carboxylic acids is 1. The Hall–Kier alpha value is -3.93. The van der Waals surface area contributed by atoms with Gasteiger partial charge >= 0.3 is 22.8 Å². The molecule has 12 heteroatoms. The fourth-order valence-electron chi connectivity index (χ4n) is 2.56. The van der Waals surface area contributed by atoms with Crippen LogP contribution in [0.2, 0.25) is 0 Å². The minimum absolute atomic E-state index is 0.101. The van der Waals surface area contributed by atoms with E-state index in [1.807, 2.05) is 0 Å². The number of carbonyl (C=O) groups is 2. The van der Waals surface area contributed by atoms with Crippen LogP contribution in [0.4, 0.5) is 0 Å². The van der Waals surface area contributed by atoms with Crippen molar-refractivity contribution in [1.29, 1.82) is 0 Å². The summed E-state index contributed by atoms with van der Waals surface area (Å²) in [6.07, 6.45) is 0.109. The lowest BCUT2D eigenvalue weighted by Crippen LogP contribution is -2.31. The summed E-state index contributed by atoms with van der Waals surface area (Å²) >= 11 is 0. The molecule has 1 aromatic heterocycles. The van der Waals surface area contributed by atoms with Crippen molar-refractivity contribution in [3.8, 4) is 5.88 Å². The minimum atomic E-state index is -4.23. The van der Waals surface area contributed by atoms with Gasteiger partial charge in [-0.2, -0.15) is 0 Å². The second kappa shape index (κ2) is 9.26. The summed E-state index contributed by atoms with van der Waals surface area (Å²) < 4.78 is 39.9. The third kappa shape index (κ3) is 4.80. The third-order valence-corrected chi connectivity index (χ3v) is 5.72. The van der Waals surface area contributed by atoms with E-state index in [4.69, 9.17) is 14.6 Å². The molecule has 1 heterocycles. The smallest absolute Gasteiger partial charge is 0.414 e. The molecule has 0 atom stereocenters. The number of nitrogens with zero attached hydrogens (tertiary/aromatic N) is 2. The Bertz CT molecular complexity index is 1190. The maximum atomic E-state index is 12.6. The first kappa shape index (κ1) is 21.8. The van der Waals surface area contributed by atoms with E-state index in [-0.39, 0.29) is 40.6 Å². The molecule has 1 N–H and O–H groups in total. The molecule has 0 spiro atoms. The summed E-state index contributed by atoms with van der Waals surface area (Å²) in [6, 6.07) is 12.8. The maximum absolute atomic E-state index is 12.6. The van der Waals surface area contributed by atoms with Crippen LogP contribution in [-0.2, 0) is 14.6 Å². The molecule has 31 heavy (non-hydrogen) atoms. The Kier molecular flexibility index (Phi) is 6.50. The molecule has 0 amide bonds. The molecule has 0 aliphatic carbocycles. The number of carboxylic acid groups (broad SMARTS) is 1. The van der Waals surface area contributed by atoms with E-state index in [0.29, 0.717) is 0 Å². The van der Waals surface area contributed by atoms with Crippen LogP contribution in [0, 0.1) is 5.21 Å². The number of aromatic nitrogens is 2. The van der Waals surface area contributed by atoms with Gasteiger partial charge in [0.2, 0.25) is 0 Å². The van der Waals surface area contributed by atoms with Crippen molar-refractivity contribution in [1.82, 2.24) is 5.16 Å². The van der Waals surface area contributed by atoms with Crippen LogP contribution in [0.15, 0.2) is 69.1 Å². The average molecular weight is 448 g/mol. The van der Waals surface area contributed by atoms with Gasteiger partial charge in [-0.3, -0.25) is 4.63 Å². The highest BCUT2D eigenvalue weighted by Crippen LogP contribution is 2.24. The minimum Gasteiger partial charge on any atom is -0.478 e. The Labute approximate surface area is 175 Å². The van der Waals surface area contributed by atoms with Gasteiger partial charge in [0.25, 0.3) is 9.84 Å². The molecule has 0 fully saturated rings. The third-order valence-electron chi connectivity index (χ3n) is 3.99. The summed E-state index contributed by atoms with van der Waals surface area (Å²) in [6.45, 7) is -0.305. The molecule has 0 saturated heterocycles. The number of carboxylic acids is 1. The number of esters is 1. The fourth-order valence-corrected chi connectivity index (χ4v) is 3.85. The van der Waals surface area contributed by atoms with Crippen LogP contribution in [0.3, 0.4) is 0 Å². The SMILES string of the molecule is O=C(O)c1ccccc1C(=O)OCCCOc1no[n+]([O-])c1S(=O)(=O)c1ccccc1. The van der Waals surface area contributed by atoms with Crippen molar-refractivity contribution in [3.05, 3.63) is 70.9 Å². The summed E-state index contributed by atoms with van der Waals surface area (Å²) in [4.78, 5) is 22.8. The van der Waals surface area contributed by atoms with Crippen LogP contribution < -0.4 is 9.64 Å². The molecule has 0 aliphatic rings. The molecule has 11 nitrogen and oxygen atoms in total. The highest BCUT2D eigenvalue weighted by atomic mass is 32.2. The normalized spacial score (nSPS) is 11.1. The van der Waals surface area contributed by atoms with Crippen molar-refractivity contribution in [3.63, 3.8) is 0 Å². The Morgan fingerprint density at radius 2 is 1.68 bits per heavy atom. The largest absolute Gasteiger partial charge is 0.478 e. The van der Waals surface area contributed by atoms with E-state index in [1.165, 1.54) is 48.5 Å². The molecule has 0 saturated carbocycles. The summed E-state index contributed by atoms with van der Waals surface area (Å²) in [5.74, 6) is -2.62. The van der Waals surface area contributed by atoms with Gasteiger partial charge in [0.1, 0.15) is 0 Å². The number of sulfone groups is 1. The standard InChI is InChI=1S/C19H16N2O9S/c22-18(23)14-9-4-5-10-15(14)19(24)29-12-6-11-28-16-17(21(25)30-20-16)31(26,27)13-7-2-1-3-8-13/h1-5,7-10H,6,11-12H2,(H,22,23). The zero-order chi connectivity index (χ0) is 22.4. The predicted molar refractivity (Wildman–Crippen MR) is 101 cm³/mol. The van der Waals surface area contributed by atoms with Crippen molar-refractivity contribution < 1.29 is 42.1 Å². The van der Waals surface area contributed by atoms with Crippen LogP contribution >= 0.6 is 0 Å². The van der Waals surface area contributed by atoms with Crippen LogP contribution in [0.1, 0.15) is 27.1 Å². The summed E-state index contributed by atoms with van der Waals surface area (Å²) in [5.41, 5.74) is -0.293. The van der Waals surface area contributed by atoms with Gasteiger partial charge in [-0.05, 0) is 29.2 Å². The number of hydrogen-bond acceptors (Lipinski definition) is 9. The van der Waals surface area contributed by atoms with E-state index in [2.05, 4.69) is 9.79 Å². The van der Waals surface area contributed by atoms with E-state index < -0.39 is 32.7 Å². The van der Waals surface area contributed by atoms with Crippen molar-refractivity contribution in [2.75, 3.05) is 13.2 Å². The number of carbonyl (C=O) groups excluding carboxylic acids is 1. The lowest BCUT2D eigenvalue weighted by atomic mass is 10.1. The lowest BCUT2D eigenvalue weighted by Gasteiger charge is -2.07. The van der Waals surface area contributed by atoms with Gasteiger partial charge in [-0.25, -0.2) is 18.0 Å². The summed E-state index contributed by atoms with van der Waals surface area (Å²) in [5, 5.41) is 23.4. The van der Waals surface area contributed by atoms with Crippen molar-refractivity contribution in [2.24, 2.45) is 0 Å². The molecular formula is C19H16N2O9S. The van der Waals surface area contributed by atoms with E-state index in [0.717, 1.165) is 0 Å². The van der Waals surface area contributed by atoms with Crippen LogP contribution in [0.5, 0.6) is 5.88 Å². The number of benzene rings is 2. The second-order valence-electron chi connectivity index (χ2n) is 6.05. The van der Waals surface area contributed by atoms with Gasteiger partial charge in [0.05, 0.1) is 34.4 Å². The first-order valence-electron chi connectivity index (χ1n) is 8.84. The predicted octanol–water partition coefficient (Wildman–Crippen LogP) is 1.46. The average Bonchev–Trinajstić information content (AvgIpc) is 3.15. The van der Waals surface area contributed by atoms with Crippen LogP contribution in [-0.4, -0.2) is 43.8 Å². The van der Waals surface area contributed by atoms with Crippen molar-refractivity contribution in [2.45, 2.75) is 16.3 Å². The topological polar surface area (TPSA) is 160 Å². The van der Waals surface area contributed by atoms with Gasteiger partial charge in [-0.1, -0.05) is 30.3 Å². The Morgan fingerprint density at radius 3 is 2.35 bits per heavy atom. The molecule has 3 aromatic rings. The zero-order valence-corrected chi connectivity index (χ0v) is 16.6. The maximum Gasteiger partial charge on any atom is 0.414 e. The lowest BCUT2D eigenvalue weighted by molar-refractivity contribution is -0.832. The fraction of sp³-hybridized carbons (Fsp3) is 0.158. The molecule has 0 aliphatic heterocycles. The molecule has 0 unspecified atom stereocenters. The molecule has 2 aromatic carbocycles. The van der Waals surface area contributed by atoms with Gasteiger partial charge in [0, 0.05) is 6.42 Å². The van der Waals surface area contributed by atoms with Crippen LogP contribution in [0.25, 0.3) is 0 Å². The quantitative estimate of drug-likeness (QED) is 0.288. The monoisotopic (exact) mass is 448 g/mol. The van der Waals surface area contributed by atoms with Gasteiger partial charge in [0.15, 0.2) is 0 Å². The zero-order valence-electron chi connectivity index (χ0n) is 15.8. The van der Waals surface area contributed by atoms with E-state index in [1.54, 1.807) is 6.07 Å². The molecule has 0 bridgehead atoms. The molecule has 3 rings (SSSR count). The highest BCUT2D eigenvalue weighted by Gasteiger charge is 2.35. The van der Waals surface area contributed by atoms with E-state index in [9.17, 15) is 23.2 Å². The van der Waals surface area contributed by atoms with Crippen molar-refractivity contribution >= 4 is 21.8 Å². The van der Waals surface area contributed by atoms with Gasteiger partial charge in [-0.15, -0.1) is 0 Å². The number of ether oxygens (including phenoxy) is 2. The first-order chi connectivity index (χ1) is 14.8. The summed E-state index contributed by atoms with van der Waals surface area (Å²) in [7, 11) is -4.23.